The predicted octanol–water partition coefficient (Wildman–Crippen LogP) is 2.84. The van der Waals surface area contributed by atoms with Crippen LogP contribution in [0.15, 0.2) is 29.3 Å². The molecule has 0 spiro atoms. The van der Waals surface area contributed by atoms with Crippen LogP contribution in [0.3, 0.4) is 0 Å². The summed E-state index contributed by atoms with van der Waals surface area (Å²) in [6.07, 6.45) is 0.961. The zero-order valence-electron chi connectivity index (χ0n) is 11.5. The Hall–Kier alpha value is -1.84. The number of benzene rings is 1. The number of hydrogen-bond acceptors (Lipinski definition) is 4. The van der Waals surface area contributed by atoms with Crippen LogP contribution >= 0.6 is 0 Å². The third kappa shape index (κ3) is 2.95. The van der Waals surface area contributed by atoms with Crippen LogP contribution in [0.1, 0.15) is 43.9 Å². The predicted molar refractivity (Wildman–Crippen MR) is 73.3 cm³/mol. The van der Waals surface area contributed by atoms with Crippen molar-refractivity contribution in [1.29, 1.82) is 0 Å². The van der Waals surface area contributed by atoms with Gasteiger partial charge in [0, 0.05) is 0 Å². The van der Waals surface area contributed by atoms with Crippen molar-refractivity contribution >= 4 is 12.4 Å². The number of hydrogen-bond donors (Lipinski definition) is 0. The van der Waals surface area contributed by atoms with Gasteiger partial charge in [0.25, 0.3) is 0 Å². The molecule has 0 aromatic heterocycles. The van der Waals surface area contributed by atoms with Gasteiger partial charge in [0.05, 0.1) is 6.61 Å². The molecule has 1 aromatic carbocycles. The highest BCUT2D eigenvalue weighted by Crippen LogP contribution is 2.28. The molecule has 0 N–H and O–H groups in total. The normalized spacial score (nSPS) is 21.5. The maximum absolute atomic E-state index is 11.8. The molecule has 0 saturated heterocycles. The van der Waals surface area contributed by atoms with Crippen LogP contribution in [-0.4, -0.2) is 25.0 Å². The first-order chi connectivity index (χ1) is 9.13. The van der Waals surface area contributed by atoms with Crippen molar-refractivity contribution in [3.63, 3.8) is 0 Å². The van der Waals surface area contributed by atoms with Gasteiger partial charge in [0.15, 0.2) is 18.5 Å². The Bertz CT molecular complexity index is 465. The Balaban J connectivity index is 2.14. The Kier molecular flexibility index (Phi) is 4.20. The zero-order chi connectivity index (χ0) is 13.8. The first-order valence-electron chi connectivity index (χ1n) is 6.57. The number of aliphatic imine (C=N–C) groups is 1. The maximum Gasteiger partial charge on any atom is 0.335 e. The minimum Gasteiger partial charge on any atom is -0.473 e. The van der Waals surface area contributed by atoms with E-state index in [1.807, 2.05) is 12.1 Å². The van der Waals surface area contributed by atoms with E-state index in [0.29, 0.717) is 12.5 Å². The number of carbonyl (C=O) groups is 1. The molecule has 4 nitrogen and oxygen atoms in total. The van der Waals surface area contributed by atoms with Crippen LogP contribution in [0.4, 0.5) is 0 Å². The molecule has 2 atom stereocenters. The third-order valence-corrected chi connectivity index (χ3v) is 3.18. The summed E-state index contributed by atoms with van der Waals surface area (Å²) in [6.45, 7) is 6.42. The Morgan fingerprint density at radius 1 is 1.37 bits per heavy atom. The first-order valence-corrected chi connectivity index (χ1v) is 6.57. The number of rotatable bonds is 4. The van der Waals surface area contributed by atoms with E-state index in [2.05, 4.69) is 31.0 Å². The minimum absolute atomic E-state index is 0.339. The van der Waals surface area contributed by atoms with Crippen LogP contribution in [0.25, 0.3) is 0 Å². The molecule has 1 aliphatic rings. The van der Waals surface area contributed by atoms with Crippen molar-refractivity contribution in [3.8, 4) is 0 Å². The summed E-state index contributed by atoms with van der Waals surface area (Å²) in [7, 11) is 0. The van der Waals surface area contributed by atoms with Crippen molar-refractivity contribution in [3.05, 3.63) is 35.4 Å². The summed E-state index contributed by atoms with van der Waals surface area (Å²) in [5, 5.41) is 0. The highest BCUT2D eigenvalue weighted by Gasteiger charge is 2.35. The van der Waals surface area contributed by atoms with Crippen molar-refractivity contribution < 1.29 is 14.3 Å². The van der Waals surface area contributed by atoms with Gasteiger partial charge in [-0.05, 0) is 24.0 Å². The molecule has 102 valence electrons. The van der Waals surface area contributed by atoms with Gasteiger partial charge in [-0.1, -0.05) is 38.1 Å². The van der Waals surface area contributed by atoms with Gasteiger partial charge < -0.3 is 9.47 Å². The van der Waals surface area contributed by atoms with Gasteiger partial charge in [-0.2, -0.15) is 0 Å². The molecule has 1 aromatic rings. The monoisotopic (exact) mass is 261 g/mol. The SMILES string of the molecule is CCOC(=O)C1N=COC1c1ccc(C(C)C)cc1. The molecule has 0 bridgehead atoms. The number of esters is 1. The fourth-order valence-corrected chi connectivity index (χ4v) is 2.06. The van der Waals surface area contributed by atoms with Gasteiger partial charge in [0.2, 0.25) is 0 Å². The summed E-state index contributed by atoms with van der Waals surface area (Å²) in [4.78, 5) is 15.8. The van der Waals surface area contributed by atoms with E-state index in [1.165, 1.54) is 12.0 Å². The van der Waals surface area contributed by atoms with Crippen LogP contribution in [-0.2, 0) is 14.3 Å². The summed E-state index contributed by atoms with van der Waals surface area (Å²) >= 11 is 0. The lowest BCUT2D eigenvalue weighted by molar-refractivity contribution is -0.146. The topological polar surface area (TPSA) is 47.9 Å². The van der Waals surface area contributed by atoms with Crippen molar-refractivity contribution in [2.75, 3.05) is 6.61 Å². The quantitative estimate of drug-likeness (QED) is 0.783. The van der Waals surface area contributed by atoms with Gasteiger partial charge in [0.1, 0.15) is 0 Å². The molecule has 2 rings (SSSR count). The average molecular weight is 261 g/mol. The summed E-state index contributed by atoms with van der Waals surface area (Å²) < 4.78 is 10.4. The lowest BCUT2D eigenvalue weighted by atomic mass is 9.97. The maximum atomic E-state index is 11.8. The number of carbonyl (C=O) groups excluding carboxylic acids is 1. The summed E-state index contributed by atoms with van der Waals surface area (Å²) in [5.41, 5.74) is 2.20. The summed E-state index contributed by atoms with van der Waals surface area (Å²) in [6, 6.07) is 7.50. The first kappa shape index (κ1) is 13.6. The van der Waals surface area contributed by atoms with Gasteiger partial charge in [-0.25, -0.2) is 9.79 Å². The molecule has 0 fully saturated rings. The fraction of sp³-hybridized carbons (Fsp3) is 0.467. The lowest BCUT2D eigenvalue weighted by Crippen LogP contribution is -2.26. The zero-order valence-corrected chi connectivity index (χ0v) is 11.5. The van der Waals surface area contributed by atoms with Gasteiger partial charge in [-0.3, -0.25) is 0 Å². The highest BCUT2D eigenvalue weighted by molar-refractivity contribution is 5.80. The molecule has 0 radical (unpaired) electrons. The van der Waals surface area contributed by atoms with Crippen molar-refractivity contribution in [2.24, 2.45) is 4.99 Å². The number of ether oxygens (including phenoxy) is 2. The molecule has 2 unspecified atom stereocenters. The lowest BCUT2D eigenvalue weighted by Gasteiger charge is -2.17. The second kappa shape index (κ2) is 5.87. The Morgan fingerprint density at radius 3 is 2.63 bits per heavy atom. The smallest absolute Gasteiger partial charge is 0.335 e. The number of nitrogens with zero attached hydrogens (tertiary/aromatic N) is 1. The summed E-state index contributed by atoms with van der Waals surface area (Å²) in [5.74, 6) is 0.143. The van der Waals surface area contributed by atoms with Crippen molar-refractivity contribution in [2.45, 2.75) is 38.8 Å². The van der Waals surface area contributed by atoms with E-state index in [-0.39, 0.29) is 12.1 Å². The molecule has 1 heterocycles. The van der Waals surface area contributed by atoms with E-state index in [4.69, 9.17) is 9.47 Å². The van der Waals surface area contributed by atoms with E-state index >= 15 is 0 Å². The second-order valence-corrected chi connectivity index (χ2v) is 4.83. The average Bonchev–Trinajstić information content (AvgIpc) is 2.88. The van der Waals surface area contributed by atoms with E-state index in [1.54, 1.807) is 6.92 Å². The van der Waals surface area contributed by atoms with Crippen LogP contribution in [0.2, 0.25) is 0 Å². The molecule has 0 aliphatic carbocycles. The second-order valence-electron chi connectivity index (χ2n) is 4.83. The van der Waals surface area contributed by atoms with Crippen LogP contribution in [0.5, 0.6) is 0 Å². The van der Waals surface area contributed by atoms with E-state index in [0.717, 1.165) is 5.56 Å². The van der Waals surface area contributed by atoms with Crippen LogP contribution < -0.4 is 0 Å². The molecule has 4 heteroatoms. The minimum atomic E-state index is -0.593. The largest absolute Gasteiger partial charge is 0.473 e. The fourth-order valence-electron chi connectivity index (χ4n) is 2.06. The molecular formula is C15H19NO3. The van der Waals surface area contributed by atoms with Crippen LogP contribution in [0, 0.1) is 0 Å². The van der Waals surface area contributed by atoms with Crippen molar-refractivity contribution in [1.82, 2.24) is 0 Å². The van der Waals surface area contributed by atoms with Gasteiger partial charge in [-0.15, -0.1) is 0 Å². The molecule has 0 saturated carbocycles. The molecule has 19 heavy (non-hydrogen) atoms. The molecule has 1 aliphatic heterocycles. The highest BCUT2D eigenvalue weighted by atomic mass is 16.5. The third-order valence-electron chi connectivity index (χ3n) is 3.18. The standard InChI is InChI=1S/C15H19NO3/c1-4-18-15(17)13-14(19-9-16-13)12-7-5-11(6-8-12)10(2)3/h5-10,13-14H,4H2,1-3H3. The Labute approximate surface area is 113 Å². The van der Waals surface area contributed by atoms with Gasteiger partial charge >= 0.3 is 5.97 Å². The molecular weight excluding hydrogens is 242 g/mol. The van der Waals surface area contributed by atoms with E-state index < -0.39 is 6.04 Å². The van der Waals surface area contributed by atoms with E-state index in [9.17, 15) is 4.79 Å². The molecule has 0 amide bonds. The Morgan fingerprint density at radius 2 is 2.05 bits per heavy atom.